The number of nitrogens with zero attached hydrogens (tertiary/aromatic N) is 3. The smallest absolute Gasteiger partial charge is 0.181 e. The van der Waals surface area contributed by atoms with Crippen molar-refractivity contribution in [2.24, 2.45) is 0 Å². The summed E-state index contributed by atoms with van der Waals surface area (Å²) < 4.78 is 5.27. The summed E-state index contributed by atoms with van der Waals surface area (Å²) in [5.74, 6) is 0.391. The standard InChI is InChI=1S/C14H13N3O2/c1-14(2,18)13-15-6-5-10(17-13)9-3-4-11-12(7-9)19-8-16-11/h3-8,18H,1-2H3. The SMILES string of the molecule is CC(C)(O)c1nccc(-c2ccc3ncoc3c2)n1. The molecule has 1 N–H and O–H groups in total. The summed E-state index contributed by atoms with van der Waals surface area (Å²) in [6, 6.07) is 7.47. The van der Waals surface area contributed by atoms with Crippen molar-refractivity contribution < 1.29 is 9.52 Å². The molecule has 0 fully saturated rings. The number of rotatable bonds is 2. The Bertz CT molecular complexity index is 729. The van der Waals surface area contributed by atoms with Crippen molar-refractivity contribution in [3.63, 3.8) is 0 Å². The van der Waals surface area contributed by atoms with Crippen molar-refractivity contribution >= 4 is 11.1 Å². The number of fused-ring (bicyclic) bond motifs is 1. The predicted molar refractivity (Wildman–Crippen MR) is 70.3 cm³/mol. The minimum absolute atomic E-state index is 0.391. The molecule has 5 nitrogen and oxygen atoms in total. The molecule has 0 radical (unpaired) electrons. The van der Waals surface area contributed by atoms with Crippen LogP contribution in [0.2, 0.25) is 0 Å². The summed E-state index contributed by atoms with van der Waals surface area (Å²) >= 11 is 0. The number of benzene rings is 1. The molecule has 0 aliphatic rings. The molecular formula is C14H13N3O2. The zero-order valence-corrected chi connectivity index (χ0v) is 10.7. The molecule has 5 heteroatoms. The Morgan fingerprint density at radius 1 is 1.16 bits per heavy atom. The summed E-state index contributed by atoms with van der Waals surface area (Å²) in [6.07, 6.45) is 3.05. The van der Waals surface area contributed by atoms with Crippen molar-refractivity contribution in [2.75, 3.05) is 0 Å². The van der Waals surface area contributed by atoms with E-state index >= 15 is 0 Å². The van der Waals surface area contributed by atoms with E-state index in [-0.39, 0.29) is 0 Å². The van der Waals surface area contributed by atoms with E-state index in [9.17, 15) is 5.11 Å². The third-order valence-corrected chi connectivity index (χ3v) is 2.83. The predicted octanol–water partition coefficient (Wildman–Crippen LogP) is 2.51. The average molecular weight is 255 g/mol. The first-order valence-electron chi connectivity index (χ1n) is 5.93. The number of hydrogen-bond acceptors (Lipinski definition) is 5. The maximum atomic E-state index is 9.95. The quantitative estimate of drug-likeness (QED) is 0.761. The molecule has 3 rings (SSSR count). The lowest BCUT2D eigenvalue weighted by molar-refractivity contribution is 0.0688. The summed E-state index contributed by atoms with van der Waals surface area (Å²) in [7, 11) is 0. The monoisotopic (exact) mass is 255 g/mol. The first-order valence-corrected chi connectivity index (χ1v) is 5.93. The highest BCUT2D eigenvalue weighted by atomic mass is 16.3. The molecule has 0 bridgehead atoms. The maximum Gasteiger partial charge on any atom is 0.181 e. The lowest BCUT2D eigenvalue weighted by Crippen LogP contribution is -2.19. The normalized spacial score (nSPS) is 11.9. The molecule has 19 heavy (non-hydrogen) atoms. The molecular weight excluding hydrogens is 242 g/mol. The molecule has 0 aliphatic heterocycles. The Morgan fingerprint density at radius 2 is 2.00 bits per heavy atom. The van der Waals surface area contributed by atoms with Crippen molar-refractivity contribution in [3.05, 3.63) is 42.7 Å². The highest BCUT2D eigenvalue weighted by molar-refractivity contribution is 5.78. The van der Waals surface area contributed by atoms with Crippen LogP contribution in [0.25, 0.3) is 22.4 Å². The van der Waals surface area contributed by atoms with Gasteiger partial charge in [-0.05, 0) is 32.0 Å². The van der Waals surface area contributed by atoms with Gasteiger partial charge in [-0.15, -0.1) is 0 Å². The number of aliphatic hydroxyl groups is 1. The van der Waals surface area contributed by atoms with Crippen LogP contribution in [0, 0.1) is 0 Å². The van der Waals surface area contributed by atoms with E-state index in [0.717, 1.165) is 16.8 Å². The van der Waals surface area contributed by atoms with Gasteiger partial charge in [0.05, 0.1) is 5.69 Å². The number of hydrogen-bond donors (Lipinski definition) is 1. The number of aromatic nitrogens is 3. The first-order chi connectivity index (χ1) is 9.04. The van der Waals surface area contributed by atoms with Gasteiger partial charge in [0.25, 0.3) is 0 Å². The Labute approximate surface area is 110 Å². The highest BCUT2D eigenvalue weighted by Crippen LogP contribution is 2.24. The lowest BCUT2D eigenvalue weighted by atomic mass is 10.1. The van der Waals surface area contributed by atoms with Gasteiger partial charge < -0.3 is 9.52 Å². The molecule has 3 aromatic rings. The van der Waals surface area contributed by atoms with E-state index in [0.29, 0.717) is 11.4 Å². The van der Waals surface area contributed by atoms with E-state index in [4.69, 9.17) is 4.42 Å². The van der Waals surface area contributed by atoms with Crippen LogP contribution in [-0.2, 0) is 5.60 Å². The molecule has 0 amide bonds. The Morgan fingerprint density at radius 3 is 2.79 bits per heavy atom. The van der Waals surface area contributed by atoms with Crippen LogP contribution < -0.4 is 0 Å². The fraction of sp³-hybridized carbons (Fsp3) is 0.214. The van der Waals surface area contributed by atoms with E-state index in [1.165, 1.54) is 6.39 Å². The lowest BCUT2D eigenvalue weighted by Gasteiger charge is -2.15. The first kappa shape index (κ1) is 11.8. The fourth-order valence-corrected chi connectivity index (χ4v) is 1.83. The minimum atomic E-state index is -1.06. The summed E-state index contributed by atoms with van der Waals surface area (Å²) in [5, 5.41) is 9.95. The largest absolute Gasteiger partial charge is 0.443 e. The van der Waals surface area contributed by atoms with E-state index in [1.807, 2.05) is 18.2 Å². The molecule has 2 heterocycles. The van der Waals surface area contributed by atoms with Crippen LogP contribution in [0.1, 0.15) is 19.7 Å². The van der Waals surface area contributed by atoms with Gasteiger partial charge >= 0.3 is 0 Å². The van der Waals surface area contributed by atoms with Gasteiger partial charge in [0.2, 0.25) is 0 Å². The van der Waals surface area contributed by atoms with Crippen molar-refractivity contribution in [1.82, 2.24) is 15.0 Å². The second kappa shape index (κ2) is 4.13. The van der Waals surface area contributed by atoms with E-state index in [1.54, 1.807) is 26.1 Å². The molecule has 1 aromatic carbocycles. The van der Waals surface area contributed by atoms with Gasteiger partial charge in [-0.25, -0.2) is 15.0 Å². The van der Waals surface area contributed by atoms with Crippen LogP contribution in [0.15, 0.2) is 41.3 Å². The summed E-state index contributed by atoms with van der Waals surface area (Å²) in [4.78, 5) is 12.5. The molecule has 96 valence electrons. The van der Waals surface area contributed by atoms with Crippen LogP contribution in [0.4, 0.5) is 0 Å². The molecule has 0 spiro atoms. The Kier molecular flexibility index (Phi) is 2.57. The highest BCUT2D eigenvalue weighted by Gasteiger charge is 2.20. The second-order valence-electron chi connectivity index (χ2n) is 4.86. The van der Waals surface area contributed by atoms with Crippen LogP contribution in [-0.4, -0.2) is 20.1 Å². The Balaban J connectivity index is 2.10. The summed E-state index contributed by atoms with van der Waals surface area (Å²) in [6.45, 7) is 3.32. The van der Waals surface area contributed by atoms with Gasteiger partial charge in [0, 0.05) is 11.8 Å². The minimum Gasteiger partial charge on any atom is -0.443 e. The fourth-order valence-electron chi connectivity index (χ4n) is 1.83. The van der Waals surface area contributed by atoms with Crippen LogP contribution in [0.3, 0.4) is 0 Å². The molecule has 0 unspecified atom stereocenters. The van der Waals surface area contributed by atoms with Gasteiger partial charge in [-0.3, -0.25) is 0 Å². The van der Waals surface area contributed by atoms with Gasteiger partial charge in [0.1, 0.15) is 11.1 Å². The van der Waals surface area contributed by atoms with Crippen LogP contribution in [0.5, 0.6) is 0 Å². The molecule has 0 aliphatic carbocycles. The van der Waals surface area contributed by atoms with Crippen LogP contribution >= 0.6 is 0 Å². The zero-order valence-electron chi connectivity index (χ0n) is 10.7. The van der Waals surface area contributed by atoms with Crippen molar-refractivity contribution in [1.29, 1.82) is 0 Å². The van der Waals surface area contributed by atoms with Gasteiger partial charge in [0.15, 0.2) is 17.8 Å². The molecule has 2 aromatic heterocycles. The Hall–Kier alpha value is -2.27. The van der Waals surface area contributed by atoms with E-state index in [2.05, 4.69) is 15.0 Å². The molecule has 0 saturated carbocycles. The van der Waals surface area contributed by atoms with Gasteiger partial charge in [-0.1, -0.05) is 6.07 Å². The van der Waals surface area contributed by atoms with E-state index < -0.39 is 5.60 Å². The average Bonchev–Trinajstić information content (AvgIpc) is 2.85. The summed E-state index contributed by atoms with van der Waals surface area (Å²) in [5.41, 5.74) is 2.09. The second-order valence-corrected chi connectivity index (χ2v) is 4.86. The molecule has 0 saturated heterocycles. The molecule has 0 atom stereocenters. The van der Waals surface area contributed by atoms with Crippen molar-refractivity contribution in [3.8, 4) is 11.3 Å². The van der Waals surface area contributed by atoms with Gasteiger partial charge in [-0.2, -0.15) is 0 Å². The van der Waals surface area contributed by atoms with Crippen molar-refractivity contribution in [2.45, 2.75) is 19.4 Å². The zero-order chi connectivity index (χ0) is 13.5. The number of oxazole rings is 1. The maximum absolute atomic E-state index is 9.95. The third-order valence-electron chi connectivity index (χ3n) is 2.83. The topological polar surface area (TPSA) is 72.0 Å². The third kappa shape index (κ3) is 2.20.